The molecule has 3 N–H and O–H groups in total. The molecule has 5 rings (SSSR count). The number of nitrogen functional groups attached to an aromatic ring is 1. The molecule has 3 aromatic heterocycles. The van der Waals surface area contributed by atoms with E-state index in [1.54, 1.807) is 31.3 Å². The second kappa shape index (κ2) is 8.86. The lowest BCUT2D eigenvalue weighted by Crippen LogP contribution is -2.32. The molecule has 0 saturated heterocycles. The third-order valence-corrected chi connectivity index (χ3v) is 7.34. The third-order valence-electron chi connectivity index (χ3n) is 6.23. The number of aryl methyl sites for hydroxylation is 1. The molecule has 10 nitrogen and oxygen atoms in total. The summed E-state index contributed by atoms with van der Waals surface area (Å²) in [6, 6.07) is 14.5. The summed E-state index contributed by atoms with van der Waals surface area (Å²) in [5.74, 6) is -0.484. The zero-order valence-electron chi connectivity index (χ0n) is 20.3. The number of fused-ring (bicyclic) bond motifs is 2. The number of rotatable bonds is 5. The highest BCUT2D eigenvalue weighted by atomic mass is 32.2. The number of aromatic nitrogens is 4. The first-order chi connectivity index (χ1) is 17.6. The van der Waals surface area contributed by atoms with Crippen molar-refractivity contribution in [1.82, 2.24) is 24.5 Å². The van der Waals surface area contributed by atoms with Gasteiger partial charge >= 0.3 is 0 Å². The molecule has 37 heavy (non-hydrogen) atoms. The first kappa shape index (κ1) is 24.2. The van der Waals surface area contributed by atoms with Crippen LogP contribution >= 0.6 is 0 Å². The van der Waals surface area contributed by atoms with Crippen molar-refractivity contribution >= 4 is 38.0 Å². The van der Waals surface area contributed by atoms with Crippen molar-refractivity contribution in [3.63, 3.8) is 0 Å². The molecule has 0 radical (unpaired) electrons. The van der Waals surface area contributed by atoms with Gasteiger partial charge in [0.25, 0.3) is 11.5 Å². The highest BCUT2D eigenvalue weighted by Crippen LogP contribution is 2.25. The van der Waals surface area contributed by atoms with Gasteiger partial charge < -0.3 is 11.1 Å². The quantitative estimate of drug-likeness (QED) is 0.366. The highest BCUT2D eigenvalue weighted by Gasteiger charge is 2.24. The smallest absolute Gasteiger partial charge is 0.263 e. The lowest BCUT2D eigenvalue weighted by atomic mass is 10.0. The number of nitrogens with one attached hydrogen (secondary N) is 1. The van der Waals surface area contributed by atoms with Crippen molar-refractivity contribution in [2.24, 2.45) is 0 Å². The fourth-order valence-corrected chi connectivity index (χ4v) is 5.12. The Kier molecular flexibility index (Phi) is 5.79. The van der Waals surface area contributed by atoms with Crippen molar-refractivity contribution in [3.8, 4) is 5.69 Å². The van der Waals surface area contributed by atoms with E-state index in [0.717, 1.165) is 11.8 Å². The van der Waals surface area contributed by atoms with E-state index in [9.17, 15) is 18.0 Å². The van der Waals surface area contributed by atoms with E-state index in [1.807, 2.05) is 31.2 Å². The van der Waals surface area contributed by atoms with Crippen molar-refractivity contribution in [2.75, 3.05) is 12.0 Å². The number of hydrogen-bond acceptors (Lipinski definition) is 7. The summed E-state index contributed by atoms with van der Waals surface area (Å²) in [6.07, 6.45) is 4.28. The normalized spacial score (nSPS) is 12.6. The molecule has 0 aliphatic carbocycles. The van der Waals surface area contributed by atoms with E-state index in [4.69, 9.17) is 5.73 Å². The number of sulfone groups is 1. The Morgan fingerprint density at radius 1 is 1.11 bits per heavy atom. The summed E-state index contributed by atoms with van der Waals surface area (Å²) < 4.78 is 27.3. The predicted molar refractivity (Wildman–Crippen MR) is 141 cm³/mol. The number of anilines is 1. The van der Waals surface area contributed by atoms with Gasteiger partial charge in [-0.05, 0) is 55.1 Å². The Morgan fingerprint density at radius 3 is 2.62 bits per heavy atom. The van der Waals surface area contributed by atoms with E-state index >= 15 is 0 Å². The summed E-state index contributed by atoms with van der Waals surface area (Å²) >= 11 is 0. The molecule has 0 bridgehead atoms. The zero-order chi connectivity index (χ0) is 26.5. The number of amides is 1. The number of hydrogen-bond donors (Lipinski definition) is 2. The summed E-state index contributed by atoms with van der Waals surface area (Å²) in [5.41, 5.74) is 7.73. The molecule has 0 saturated carbocycles. The molecule has 0 unspecified atom stereocenters. The van der Waals surface area contributed by atoms with Gasteiger partial charge in [0.2, 0.25) is 0 Å². The van der Waals surface area contributed by atoms with Crippen LogP contribution in [0.2, 0.25) is 0 Å². The molecule has 188 valence electrons. The van der Waals surface area contributed by atoms with Gasteiger partial charge in [-0.3, -0.25) is 14.2 Å². The van der Waals surface area contributed by atoms with Crippen molar-refractivity contribution < 1.29 is 13.2 Å². The van der Waals surface area contributed by atoms with Crippen LogP contribution in [0.25, 0.3) is 22.1 Å². The number of nitrogens with two attached hydrogens (primary N) is 1. The minimum Gasteiger partial charge on any atom is -0.381 e. The fraction of sp³-hybridized carbons (Fsp3) is 0.154. The molecule has 0 fully saturated rings. The standard InChI is InChI=1S/C26H24N6O4S/c1-15-7-4-8-17-13-20(16(2)29-25(33)22-23(27)30-31-12-6-11-28-24(22)31)32(26(34)21(15)17)18-9-5-10-19(14-18)37(3,35)36/h4-14,16H,1-3H3,(H2,27,30)(H,29,33)/t16-/m0/s1. The van der Waals surface area contributed by atoms with E-state index in [1.165, 1.54) is 27.4 Å². The van der Waals surface area contributed by atoms with Crippen molar-refractivity contribution in [2.45, 2.75) is 24.8 Å². The monoisotopic (exact) mass is 516 g/mol. The van der Waals surface area contributed by atoms with Crippen LogP contribution in [0.5, 0.6) is 0 Å². The van der Waals surface area contributed by atoms with Crippen LogP contribution in [0.3, 0.4) is 0 Å². The van der Waals surface area contributed by atoms with Gasteiger partial charge in [-0.25, -0.2) is 17.9 Å². The van der Waals surface area contributed by atoms with Gasteiger partial charge in [-0.1, -0.05) is 24.3 Å². The number of carbonyl (C=O) groups excluding carboxylic acids is 1. The molecule has 0 aliphatic rings. The Hall–Kier alpha value is -4.51. The van der Waals surface area contributed by atoms with E-state index in [-0.39, 0.29) is 21.8 Å². The number of nitrogens with zero attached hydrogens (tertiary/aromatic N) is 4. The zero-order valence-corrected chi connectivity index (χ0v) is 21.2. The van der Waals surface area contributed by atoms with Gasteiger partial charge in [0.15, 0.2) is 21.3 Å². The summed E-state index contributed by atoms with van der Waals surface area (Å²) in [5, 5.41) is 8.25. The predicted octanol–water partition coefficient (Wildman–Crippen LogP) is 2.82. The minimum atomic E-state index is -3.52. The van der Waals surface area contributed by atoms with E-state index < -0.39 is 21.8 Å². The molecular formula is C26H24N6O4S. The Morgan fingerprint density at radius 2 is 1.86 bits per heavy atom. The molecule has 3 heterocycles. The molecular weight excluding hydrogens is 492 g/mol. The largest absolute Gasteiger partial charge is 0.381 e. The number of benzene rings is 2. The Labute approximate surface area is 212 Å². The van der Waals surface area contributed by atoms with Crippen LogP contribution in [0.4, 0.5) is 5.82 Å². The minimum absolute atomic E-state index is 0.0239. The molecule has 2 aromatic carbocycles. The second-order valence-corrected chi connectivity index (χ2v) is 10.9. The average molecular weight is 517 g/mol. The second-order valence-electron chi connectivity index (χ2n) is 8.86. The fourth-order valence-electron chi connectivity index (χ4n) is 4.46. The Bertz CT molecular complexity index is 1870. The summed E-state index contributed by atoms with van der Waals surface area (Å²) in [4.78, 5) is 31.4. The third kappa shape index (κ3) is 4.23. The van der Waals surface area contributed by atoms with E-state index in [2.05, 4.69) is 15.4 Å². The highest BCUT2D eigenvalue weighted by molar-refractivity contribution is 7.90. The van der Waals surface area contributed by atoms with Gasteiger partial charge in [-0.15, -0.1) is 5.10 Å². The van der Waals surface area contributed by atoms with Crippen molar-refractivity contribution in [1.29, 1.82) is 0 Å². The first-order valence-electron chi connectivity index (χ1n) is 11.4. The number of carbonyl (C=O) groups is 1. The van der Waals surface area contributed by atoms with Crippen LogP contribution < -0.4 is 16.6 Å². The molecule has 0 aliphatic heterocycles. The molecule has 5 aromatic rings. The summed E-state index contributed by atoms with van der Waals surface area (Å²) in [6.45, 7) is 3.58. The van der Waals surface area contributed by atoms with E-state index in [0.29, 0.717) is 27.8 Å². The lowest BCUT2D eigenvalue weighted by molar-refractivity contribution is 0.0941. The van der Waals surface area contributed by atoms with Crippen LogP contribution in [-0.2, 0) is 9.84 Å². The van der Waals surface area contributed by atoms with Crippen molar-refractivity contribution in [3.05, 3.63) is 94.2 Å². The molecule has 11 heteroatoms. The van der Waals surface area contributed by atoms with Crippen LogP contribution in [-0.4, -0.2) is 39.7 Å². The number of pyridine rings is 1. The maximum atomic E-state index is 13.8. The first-order valence-corrected chi connectivity index (χ1v) is 13.3. The molecule has 0 spiro atoms. The molecule has 1 atom stereocenters. The Balaban J connectivity index is 1.68. The average Bonchev–Trinajstić information content (AvgIpc) is 3.19. The lowest BCUT2D eigenvalue weighted by Gasteiger charge is -2.21. The van der Waals surface area contributed by atoms with Gasteiger partial charge in [0.05, 0.1) is 22.0 Å². The molecule has 1 amide bonds. The van der Waals surface area contributed by atoms with Crippen LogP contribution in [0.15, 0.2) is 76.7 Å². The summed E-state index contributed by atoms with van der Waals surface area (Å²) in [7, 11) is -3.52. The van der Waals surface area contributed by atoms with Gasteiger partial charge in [0.1, 0.15) is 5.56 Å². The van der Waals surface area contributed by atoms with Crippen LogP contribution in [0.1, 0.15) is 34.6 Å². The maximum absolute atomic E-state index is 13.8. The van der Waals surface area contributed by atoms with Gasteiger partial charge in [-0.2, -0.15) is 0 Å². The SMILES string of the molecule is Cc1cccc2cc([C@H](C)NC(=O)c3c(N)nn4cccnc34)n(-c3cccc(S(C)(=O)=O)c3)c(=O)c12. The van der Waals surface area contributed by atoms with Crippen LogP contribution in [0, 0.1) is 6.92 Å². The maximum Gasteiger partial charge on any atom is 0.263 e. The van der Waals surface area contributed by atoms with Gasteiger partial charge in [0, 0.05) is 24.3 Å². The topological polar surface area (TPSA) is 141 Å².